The molecule has 0 aromatic heterocycles. The van der Waals surface area contributed by atoms with Crippen molar-refractivity contribution in [2.75, 3.05) is 25.4 Å². The molecule has 1 saturated heterocycles. The third-order valence-electron chi connectivity index (χ3n) is 4.55. The molecule has 0 atom stereocenters. The summed E-state index contributed by atoms with van der Waals surface area (Å²) in [5, 5.41) is 0. The second-order valence-corrected chi connectivity index (χ2v) is 7.68. The molecule has 1 aromatic carbocycles. The molecule has 0 saturated carbocycles. The van der Waals surface area contributed by atoms with Gasteiger partial charge in [0, 0.05) is 23.4 Å². The molecule has 128 valence electrons. The highest BCUT2D eigenvalue weighted by molar-refractivity contribution is 7.99. The molecule has 0 aliphatic carbocycles. The van der Waals surface area contributed by atoms with Crippen LogP contribution in [-0.2, 0) is 0 Å². The van der Waals surface area contributed by atoms with Crippen LogP contribution < -0.4 is 0 Å². The van der Waals surface area contributed by atoms with Gasteiger partial charge in [-0.1, -0.05) is 44.7 Å². The Kier molecular flexibility index (Phi) is 8.77. The highest BCUT2D eigenvalue weighted by Gasteiger charge is 2.12. The Hall–Kier alpha value is -0.800. The number of hydrogen-bond donors (Lipinski definition) is 0. The predicted molar refractivity (Wildman–Crippen MR) is 101 cm³/mol. The monoisotopic (exact) mass is 333 g/mol. The van der Waals surface area contributed by atoms with E-state index in [1.807, 2.05) is 23.9 Å². The Labute approximate surface area is 146 Å². The summed E-state index contributed by atoms with van der Waals surface area (Å²) in [6.45, 7) is 5.50. The van der Waals surface area contributed by atoms with Crippen LogP contribution in [0, 0.1) is 0 Å². The first-order valence-electron chi connectivity index (χ1n) is 9.28. The first kappa shape index (κ1) is 18.5. The maximum Gasteiger partial charge on any atom is 0.164 e. The van der Waals surface area contributed by atoms with E-state index < -0.39 is 0 Å². The molecule has 1 aromatic rings. The first-order valence-corrected chi connectivity index (χ1v) is 10.3. The second kappa shape index (κ2) is 10.9. The number of ketones is 1. The van der Waals surface area contributed by atoms with Gasteiger partial charge in [0.1, 0.15) is 0 Å². The van der Waals surface area contributed by atoms with Crippen molar-refractivity contribution in [3.63, 3.8) is 0 Å². The number of hydrogen-bond acceptors (Lipinski definition) is 3. The molecule has 0 unspecified atom stereocenters. The molecular formula is C20H31NOS. The maximum atomic E-state index is 12.3. The van der Waals surface area contributed by atoms with Crippen LogP contribution in [0.25, 0.3) is 0 Å². The number of likely N-dealkylation sites (tertiary alicyclic amines) is 1. The summed E-state index contributed by atoms with van der Waals surface area (Å²) in [4.78, 5) is 16.0. The van der Waals surface area contributed by atoms with Crippen LogP contribution in [0.1, 0.15) is 68.6 Å². The number of rotatable bonds is 10. The van der Waals surface area contributed by atoms with Crippen molar-refractivity contribution < 1.29 is 4.79 Å². The van der Waals surface area contributed by atoms with Crippen LogP contribution in [0.2, 0.25) is 0 Å². The standard InChI is InChI=1S/C20H31NOS/c1-2-3-4-8-17-23-19-11-9-18(10-12-19)20(22)13-16-21-14-6-5-7-15-21/h9-12H,2-8,13-17H2,1H3. The molecular weight excluding hydrogens is 302 g/mol. The summed E-state index contributed by atoms with van der Waals surface area (Å²) < 4.78 is 0. The van der Waals surface area contributed by atoms with Crippen LogP contribution in [0.3, 0.4) is 0 Å². The fraction of sp³-hybridized carbons (Fsp3) is 0.650. The molecule has 2 nitrogen and oxygen atoms in total. The first-order chi connectivity index (χ1) is 11.3. The maximum absolute atomic E-state index is 12.3. The van der Waals surface area contributed by atoms with Gasteiger partial charge in [-0.15, -0.1) is 11.8 Å². The number of Topliss-reactive ketones (excluding diaryl/α,β-unsaturated/α-hetero) is 1. The lowest BCUT2D eigenvalue weighted by Gasteiger charge is -2.25. The quantitative estimate of drug-likeness (QED) is 0.324. The molecule has 1 aliphatic rings. The lowest BCUT2D eigenvalue weighted by atomic mass is 10.1. The third-order valence-corrected chi connectivity index (χ3v) is 5.64. The number of thioether (sulfide) groups is 1. The van der Waals surface area contributed by atoms with Crippen molar-refractivity contribution in [3.8, 4) is 0 Å². The molecule has 1 aliphatic heterocycles. The number of nitrogens with zero attached hydrogens (tertiary/aromatic N) is 1. The summed E-state index contributed by atoms with van der Waals surface area (Å²) in [6, 6.07) is 8.23. The molecule has 23 heavy (non-hydrogen) atoms. The summed E-state index contributed by atoms with van der Waals surface area (Å²) in [5.41, 5.74) is 0.873. The van der Waals surface area contributed by atoms with Gasteiger partial charge in [-0.25, -0.2) is 0 Å². The summed E-state index contributed by atoms with van der Waals surface area (Å²) in [7, 11) is 0. The van der Waals surface area contributed by atoms with Crippen molar-refractivity contribution in [2.45, 2.75) is 63.2 Å². The molecule has 3 heteroatoms. The highest BCUT2D eigenvalue weighted by Crippen LogP contribution is 2.21. The zero-order valence-corrected chi connectivity index (χ0v) is 15.4. The summed E-state index contributed by atoms with van der Waals surface area (Å²) in [5.74, 6) is 1.47. The number of carbonyl (C=O) groups excluding carboxylic acids is 1. The molecule has 1 fully saturated rings. The molecule has 0 spiro atoms. The van der Waals surface area contributed by atoms with Gasteiger partial charge >= 0.3 is 0 Å². The van der Waals surface area contributed by atoms with Crippen molar-refractivity contribution in [2.24, 2.45) is 0 Å². The van der Waals surface area contributed by atoms with Crippen molar-refractivity contribution in [3.05, 3.63) is 29.8 Å². The molecule has 0 amide bonds. The molecule has 0 N–H and O–H groups in total. The molecule has 2 rings (SSSR count). The van der Waals surface area contributed by atoms with Gasteiger partial charge in [-0.2, -0.15) is 0 Å². The number of piperidine rings is 1. The molecule has 0 bridgehead atoms. The lowest BCUT2D eigenvalue weighted by Crippen LogP contribution is -2.31. The van der Waals surface area contributed by atoms with E-state index in [-0.39, 0.29) is 5.78 Å². The Morgan fingerprint density at radius 2 is 1.78 bits per heavy atom. The van der Waals surface area contributed by atoms with Gasteiger partial charge in [-0.05, 0) is 50.2 Å². The van der Waals surface area contributed by atoms with E-state index in [2.05, 4.69) is 24.0 Å². The van der Waals surface area contributed by atoms with Crippen molar-refractivity contribution in [1.29, 1.82) is 0 Å². The number of benzene rings is 1. The summed E-state index contributed by atoms with van der Waals surface area (Å²) >= 11 is 1.91. The van der Waals surface area contributed by atoms with Crippen molar-refractivity contribution in [1.82, 2.24) is 4.90 Å². The lowest BCUT2D eigenvalue weighted by molar-refractivity contribution is 0.0958. The van der Waals surface area contributed by atoms with Gasteiger partial charge in [0.05, 0.1) is 0 Å². The van der Waals surface area contributed by atoms with E-state index in [0.717, 1.165) is 12.1 Å². The molecule has 0 radical (unpaired) electrons. The Balaban J connectivity index is 1.69. The van der Waals surface area contributed by atoms with E-state index in [4.69, 9.17) is 0 Å². The topological polar surface area (TPSA) is 20.3 Å². The van der Waals surface area contributed by atoms with Crippen LogP contribution in [-0.4, -0.2) is 36.1 Å². The number of unbranched alkanes of at least 4 members (excludes halogenated alkanes) is 3. The van der Waals surface area contributed by atoms with Gasteiger partial charge in [0.25, 0.3) is 0 Å². The van der Waals surface area contributed by atoms with Gasteiger partial charge in [0.15, 0.2) is 5.78 Å². The fourth-order valence-corrected chi connectivity index (χ4v) is 3.96. The van der Waals surface area contributed by atoms with Crippen LogP contribution in [0.15, 0.2) is 29.2 Å². The minimum absolute atomic E-state index is 0.287. The smallest absolute Gasteiger partial charge is 0.164 e. The third kappa shape index (κ3) is 7.09. The van der Waals surface area contributed by atoms with Crippen LogP contribution in [0.5, 0.6) is 0 Å². The van der Waals surface area contributed by atoms with E-state index in [0.29, 0.717) is 6.42 Å². The van der Waals surface area contributed by atoms with E-state index >= 15 is 0 Å². The van der Waals surface area contributed by atoms with Gasteiger partial charge in [-0.3, -0.25) is 4.79 Å². The number of carbonyl (C=O) groups is 1. The zero-order valence-electron chi connectivity index (χ0n) is 14.6. The fourth-order valence-electron chi connectivity index (χ4n) is 3.04. The van der Waals surface area contributed by atoms with Gasteiger partial charge in [0.2, 0.25) is 0 Å². The zero-order chi connectivity index (χ0) is 16.3. The van der Waals surface area contributed by atoms with Crippen LogP contribution in [0.4, 0.5) is 0 Å². The highest BCUT2D eigenvalue weighted by atomic mass is 32.2. The van der Waals surface area contributed by atoms with Crippen molar-refractivity contribution >= 4 is 17.5 Å². The Morgan fingerprint density at radius 3 is 2.48 bits per heavy atom. The molecule has 1 heterocycles. The average Bonchev–Trinajstić information content (AvgIpc) is 2.61. The SMILES string of the molecule is CCCCCCSc1ccc(C(=O)CCN2CCCCC2)cc1. The predicted octanol–water partition coefficient (Wildman–Crippen LogP) is 5.42. The normalized spacial score (nSPS) is 15.7. The van der Waals surface area contributed by atoms with Crippen LogP contribution >= 0.6 is 11.8 Å². The minimum atomic E-state index is 0.287. The average molecular weight is 334 g/mol. The minimum Gasteiger partial charge on any atom is -0.303 e. The summed E-state index contributed by atoms with van der Waals surface area (Å²) in [6.07, 6.45) is 9.83. The Morgan fingerprint density at radius 1 is 1.04 bits per heavy atom. The van der Waals surface area contributed by atoms with E-state index in [1.54, 1.807) is 0 Å². The van der Waals surface area contributed by atoms with E-state index in [1.165, 1.54) is 68.7 Å². The second-order valence-electron chi connectivity index (χ2n) is 6.51. The van der Waals surface area contributed by atoms with E-state index in [9.17, 15) is 4.79 Å². The largest absolute Gasteiger partial charge is 0.303 e. The van der Waals surface area contributed by atoms with Gasteiger partial charge < -0.3 is 4.90 Å². The Bertz CT molecular complexity index is 451.